The summed E-state index contributed by atoms with van der Waals surface area (Å²) in [6, 6.07) is 11.6. The summed E-state index contributed by atoms with van der Waals surface area (Å²) < 4.78 is 0.752. The van der Waals surface area contributed by atoms with E-state index in [1.54, 1.807) is 54.7 Å². The Labute approximate surface area is 236 Å². The highest BCUT2D eigenvalue weighted by atomic mass is 79.9. The smallest absolute Gasteiger partial charge is 0.326 e. The molecule has 0 aliphatic rings. The largest absolute Gasteiger partial charge is 0.481 e. The van der Waals surface area contributed by atoms with Crippen molar-refractivity contribution in [2.75, 3.05) is 23.4 Å². The van der Waals surface area contributed by atoms with Crippen LogP contribution in [0.3, 0.4) is 0 Å². The van der Waals surface area contributed by atoms with Gasteiger partial charge in [0.25, 0.3) is 5.91 Å². The molecule has 4 rings (SSSR count). The highest BCUT2D eigenvalue weighted by molar-refractivity contribution is 9.10. The molecular weight excluding hydrogens is 584 g/mol. The molecule has 40 heavy (non-hydrogen) atoms. The monoisotopic (exact) mass is 608 g/mol. The van der Waals surface area contributed by atoms with E-state index >= 15 is 0 Å². The first-order chi connectivity index (χ1) is 19.0. The Morgan fingerprint density at radius 2 is 1.68 bits per heavy atom. The third-order valence-electron chi connectivity index (χ3n) is 6.12. The second-order valence-electron chi connectivity index (χ2n) is 8.95. The van der Waals surface area contributed by atoms with Crippen molar-refractivity contribution in [3.63, 3.8) is 0 Å². The van der Waals surface area contributed by atoms with Gasteiger partial charge in [-0.05, 0) is 42.0 Å². The number of anilines is 3. The molecule has 1 amide bonds. The Bertz CT molecular complexity index is 1570. The maximum atomic E-state index is 13.0. The van der Waals surface area contributed by atoms with E-state index in [1.807, 2.05) is 11.9 Å². The van der Waals surface area contributed by atoms with Gasteiger partial charge in [-0.3, -0.25) is 9.59 Å². The molecule has 2 heterocycles. The van der Waals surface area contributed by atoms with E-state index in [4.69, 9.17) is 11.5 Å². The maximum absolute atomic E-state index is 13.0. The minimum atomic E-state index is -1.47. The number of amides is 1. The van der Waals surface area contributed by atoms with Crippen LogP contribution in [0.2, 0.25) is 0 Å². The number of carboxylic acids is 2. The number of aliphatic carboxylic acids is 2. The number of benzene rings is 2. The fourth-order valence-corrected chi connectivity index (χ4v) is 4.41. The highest BCUT2D eigenvalue weighted by Crippen LogP contribution is 2.26. The lowest BCUT2D eigenvalue weighted by molar-refractivity contribution is -0.141. The maximum Gasteiger partial charge on any atom is 0.326 e. The second kappa shape index (κ2) is 11.9. The average Bonchev–Trinajstić information content (AvgIpc) is 2.91. The summed E-state index contributed by atoms with van der Waals surface area (Å²) >= 11 is 3.30. The van der Waals surface area contributed by atoms with E-state index in [0.717, 1.165) is 10.2 Å². The number of carboxylic acid groups (broad SMARTS) is 2. The number of hydrogen-bond donors (Lipinski definition) is 5. The van der Waals surface area contributed by atoms with Crippen molar-refractivity contribution in [1.82, 2.24) is 25.3 Å². The van der Waals surface area contributed by atoms with Gasteiger partial charge in [-0.1, -0.05) is 28.1 Å². The van der Waals surface area contributed by atoms with E-state index in [0.29, 0.717) is 23.3 Å². The predicted octanol–water partition coefficient (Wildman–Crippen LogP) is 2.42. The highest BCUT2D eigenvalue weighted by Gasteiger charge is 2.33. The number of nitrogen functional groups attached to an aromatic ring is 2. The molecule has 0 bridgehead atoms. The summed E-state index contributed by atoms with van der Waals surface area (Å²) in [5, 5.41) is 21.8. The fourth-order valence-electron chi connectivity index (χ4n) is 4.15. The van der Waals surface area contributed by atoms with Gasteiger partial charge in [-0.25, -0.2) is 14.8 Å². The number of hydrogen-bond acceptors (Lipinski definition) is 10. The zero-order chi connectivity index (χ0) is 29.0. The summed E-state index contributed by atoms with van der Waals surface area (Å²) in [5.41, 5.74) is 14.1. The summed E-state index contributed by atoms with van der Waals surface area (Å²) in [6.07, 6.45) is 1.07. The van der Waals surface area contributed by atoms with Crippen molar-refractivity contribution in [2.45, 2.75) is 24.9 Å². The van der Waals surface area contributed by atoms with Crippen LogP contribution < -0.4 is 21.7 Å². The zero-order valence-electron chi connectivity index (χ0n) is 21.2. The van der Waals surface area contributed by atoms with Crippen molar-refractivity contribution in [3.8, 4) is 0 Å². The first-order valence-electron chi connectivity index (χ1n) is 11.9. The summed E-state index contributed by atoms with van der Waals surface area (Å²) in [6.45, 7) is 0.351. The standard InChI is InChI=1S/C26H25BrN8O5/c1-35(12-16-11-30-23-21(31-16)22(28)33-26(29)34-23)17-8-4-14(5-9-17)24(38)32-20(25(39)40)18(10-19(36)37)13-2-6-15(27)7-3-13/h2-9,11,18,20H,10,12H2,1H3,(H,32,38)(H,36,37)(H,39,40)(H4,28,29,30,33,34)/t18?,20-/m0/s1. The number of nitrogens with one attached hydrogen (secondary N) is 1. The van der Waals surface area contributed by atoms with E-state index in [-0.39, 0.29) is 23.0 Å². The van der Waals surface area contributed by atoms with E-state index in [1.165, 1.54) is 0 Å². The average molecular weight is 609 g/mol. The number of aromatic nitrogens is 4. The molecule has 0 radical (unpaired) electrons. The van der Waals surface area contributed by atoms with Crippen molar-refractivity contribution in [2.24, 2.45) is 0 Å². The Hall–Kier alpha value is -4.85. The van der Waals surface area contributed by atoms with Gasteiger partial charge >= 0.3 is 11.9 Å². The third kappa shape index (κ3) is 6.58. The fraction of sp³-hybridized carbons (Fsp3) is 0.192. The molecule has 0 saturated carbocycles. The van der Waals surface area contributed by atoms with E-state index in [9.17, 15) is 24.6 Å². The number of rotatable bonds is 10. The first kappa shape index (κ1) is 28.2. The Morgan fingerprint density at radius 1 is 1.00 bits per heavy atom. The molecule has 13 nitrogen and oxygen atoms in total. The first-order valence-corrected chi connectivity index (χ1v) is 12.7. The van der Waals surface area contributed by atoms with Crippen LogP contribution in [0.15, 0.2) is 59.2 Å². The number of halogens is 1. The van der Waals surface area contributed by atoms with Gasteiger partial charge in [0.1, 0.15) is 6.04 Å². The van der Waals surface area contributed by atoms with Crippen molar-refractivity contribution in [3.05, 3.63) is 76.0 Å². The zero-order valence-corrected chi connectivity index (χ0v) is 22.7. The van der Waals surface area contributed by atoms with Gasteiger partial charge in [0, 0.05) is 28.7 Å². The molecule has 2 aromatic carbocycles. The Balaban J connectivity index is 1.48. The Morgan fingerprint density at radius 3 is 2.30 bits per heavy atom. The van der Waals surface area contributed by atoms with Crippen LogP contribution in [0.5, 0.6) is 0 Å². The van der Waals surface area contributed by atoms with E-state index in [2.05, 4.69) is 41.2 Å². The Kier molecular flexibility index (Phi) is 8.38. The quantitative estimate of drug-likeness (QED) is 0.176. The lowest BCUT2D eigenvalue weighted by Crippen LogP contribution is -2.45. The van der Waals surface area contributed by atoms with Crippen LogP contribution in [0.1, 0.15) is 34.0 Å². The minimum Gasteiger partial charge on any atom is -0.481 e. The van der Waals surface area contributed by atoms with Crippen LogP contribution in [0.4, 0.5) is 17.5 Å². The van der Waals surface area contributed by atoms with Crippen molar-refractivity contribution < 1.29 is 24.6 Å². The van der Waals surface area contributed by atoms with Crippen LogP contribution >= 0.6 is 15.9 Å². The topological polar surface area (TPSA) is 211 Å². The molecule has 2 atom stereocenters. The van der Waals surface area contributed by atoms with Gasteiger partial charge < -0.3 is 31.9 Å². The summed E-state index contributed by atoms with van der Waals surface area (Å²) in [4.78, 5) is 55.1. The molecule has 1 unspecified atom stereocenters. The van der Waals surface area contributed by atoms with Gasteiger partial charge in [-0.15, -0.1) is 0 Å². The van der Waals surface area contributed by atoms with Crippen LogP contribution in [0.25, 0.3) is 11.2 Å². The normalized spacial score (nSPS) is 12.4. The minimum absolute atomic E-state index is 0.00805. The summed E-state index contributed by atoms with van der Waals surface area (Å²) in [7, 11) is 1.82. The second-order valence-corrected chi connectivity index (χ2v) is 9.86. The van der Waals surface area contributed by atoms with Gasteiger partial charge in [0.15, 0.2) is 17.0 Å². The molecule has 0 spiro atoms. The molecule has 0 saturated heterocycles. The summed E-state index contributed by atoms with van der Waals surface area (Å²) in [5.74, 6) is -4.03. The van der Waals surface area contributed by atoms with E-state index < -0.39 is 36.2 Å². The van der Waals surface area contributed by atoms with Gasteiger partial charge in [0.2, 0.25) is 5.95 Å². The van der Waals surface area contributed by atoms with Gasteiger partial charge in [0.05, 0.1) is 24.9 Å². The number of fused-ring (bicyclic) bond motifs is 1. The number of nitrogens with two attached hydrogens (primary N) is 2. The van der Waals surface area contributed by atoms with Crippen LogP contribution in [-0.2, 0) is 16.1 Å². The SMILES string of the molecule is CN(Cc1cnc2nc(N)nc(N)c2n1)c1ccc(C(=O)N[C@H](C(=O)O)C(CC(=O)O)c2ccc(Br)cc2)cc1. The molecule has 7 N–H and O–H groups in total. The van der Waals surface area contributed by atoms with Gasteiger partial charge in [-0.2, -0.15) is 9.97 Å². The molecule has 2 aromatic heterocycles. The third-order valence-corrected chi connectivity index (χ3v) is 6.65. The predicted molar refractivity (Wildman–Crippen MR) is 151 cm³/mol. The molecule has 0 aliphatic heterocycles. The molecular formula is C26H25BrN8O5. The number of nitrogens with zero attached hydrogens (tertiary/aromatic N) is 5. The number of carbonyl (C=O) groups is 3. The number of carbonyl (C=O) groups excluding carboxylic acids is 1. The van der Waals surface area contributed by atoms with Crippen LogP contribution in [-0.4, -0.2) is 61.1 Å². The molecule has 206 valence electrons. The lowest BCUT2D eigenvalue weighted by atomic mass is 9.88. The molecule has 0 aliphatic carbocycles. The lowest BCUT2D eigenvalue weighted by Gasteiger charge is -2.24. The molecule has 4 aromatic rings. The van der Waals surface area contributed by atoms with Crippen LogP contribution in [0, 0.1) is 0 Å². The van der Waals surface area contributed by atoms with Crippen molar-refractivity contribution in [1.29, 1.82) is 0 Å². The van der Waals surface area contributed by atoms with Crippen molar-refractivity contribution >= 4 is 62.4 Å². The molecule has 0 fully saturated rings. The molecule has 14 heteroatoms.